The molecule has 4 aliphatic carbocycles. The van der Waals surface area contributed by atoms with Crippen molar-refractivity contribution in [1.29, 1.82) is 0 Å². The van der Waals surface area contributed by atoms with Crippen molar-refractivity contribution in [2.24, 2.45) is 35.0 Å². The molecule has 3 fully saturated rings. The lowest BCUT2D eigenvalue weighted by atomic mass is 9.49. The van der Waals surface area contributed by atoms with Gasteiger partial charge in [-0.2, -0.15) is 0 Å². The third kappa shape index (κ3) is 3.12. The van der Waals surface area contributed by atoms with E-state index < -0.39 is 0 Å². The number of hydrogen-bond acceptors (Lipinski definition) is 2. The first-order valence-corrected chi connectivity index (χ1v) is 12.8. The van der Waals surface area contributed by atoms with E-state index in [-0.39, 0.29) is 0 Å². The number of allylic oxidation sites excluding steroid dienone is 2. The Balaban J connectivity index is 1.25. The topological polar surface area (TPSA) is 16.1 Å². The van der Waals surface area contributed by atoms with Gasteiger partial charge in [0.15, 0.2) is 0 Å². The molecule has 0 aliphatic heterocycles. The lowest BCUT2D eigenvalue weighted by Gasteiger charge is -2.56. The smallest absolute Gasteiger partial charge is 0.0346 e. The van der Waals surface area contributed by atoms with Crippen LogP contribution in [0.3, 0.4) is 0 Å². The second-order valence-electron chi connectivity index (χ2n) is 11.6. The van der Waals surface area contributed by atoms with Gasteiger partial charge < -0.3 is 4.90 Å². The monoisotopic (exact) mass is 414 g/mol. The van der Waals surface area contributed by atoms with Gasteiger partial charge >= 0.3 is 0 Å². The highest BCUT2D eigenvalue weighted by Gasteiger charge is 2.54. The van der Waals surface area contributed by atoms with Crippen LogP contribution in [0.5, 0.6) is 0 Å². The molecule has 2 nitrogen and oxygen atoms in total. The fourth-order valence-electron chi connectivity index (χ4n) is 8.56. The van der Waals surface area contributed by atoms with Gasteiger partial charge in [0.05, 0.1) is 0 Å². The average Bonchev–Trinajstić information content (AvgIpc) is 3.15. The Bertz CT molecular complexity index is 1010. The summed E-state index contributed by atoms with van der Waals surface area (Å²) in [4.78, 5) is 6.86. The Kier molecular flexibility index (Phi) is 4.79. The second kappa shape index (κ2) is 7.44. The van der Waals surface area contributed by atoms with Crippen molar-refractivity contribution < 1.29 is 0 Å². The van der Waals surface area contributed by atoms with Gasteiger partial charge in [0.1, 0.15) is 0 Å². The standard InChI is InChI=1S/C29H38N2/c1-29-14-12-25-24-9-7-23(31(2)3)17-20(24)6-8-26(25)28(29)11-10-27(29)21-5-4-19-13-15-30-18-22(19)16-21/h4-5,10,13,15-16,18,20,23-26,28H,6-9,11-12,14,17H2,1-3H3/t20-,23-,24-,25+,26+,28-,29+/m0/s1. The van der Waals surface area contributed by atoms with E-state index in [0.29, 0.717) is 5.41 Å². The number of aromatic nitrogens is 1. The predicted molar refractivity (Wildman–Crippen MR) is 130 cm³/mol. The van der Waals surface area contributed by atoms with Crippen LogP contribution >= 0.6 is 0 Å². The molecular formula is C29H38N2. The zero-order chi connectivity index (χ0) is 21.2. The normalized spacial score (nSPS) is 39.7. The van der Waals surface area contributed by atoms with Gasteiger partial charge in [-0.15, -0.1) is 0 Å². The zero-order valence-electron chi connectivity index (χ0n) is 19.6. The van der Waals surface area contributed by atoms with Crippen molar-refractivity contribution in [2.45, 2.75) is 64.3 Å². The largest absolute Gasteiger partial charge is 0.306 e. The van der Waals surface area contributed by atoms with Crippen LogP contribution in [0.2, 0.25) is 0 Å². The van der Waals surface area contributed by atoms with Crippen LogP contribution in [-0.2, 0) is 0 Å². The highest BCUT2D eigenvalue weighted by molar-refractivity contribution is 5.86. The third-order valence-electron chi connectivity index (χ3n) is 10.2. The van der Waals surface area contributed by atoms with Gasteiger partial charge in [0.2, 0.25) is 0 Å². The van der Waals surface area contributed by atoms with Gasteiger partial charge in [-0.25, -0.2) is 0 Å². The summed E-state index contributed by atoms with van der Waals surface area (Å²) < 4.78 is 0. The summed E-state index contributed by atoms with van der Waals surface area (Å²) in [6, 6.07) is 10.0. The molecule has 31 heavy (non-hydrogen) atoms. The maximum absolute atomic E-state index is 4.37. The van der Waals surface area contributed by atoms with Crippen molar-refractivity contribution in [3.63, 3.8) is 0 Å². The number of benzene rings is 1. The first-order chi connectivity index (χ1) is 15.0. The molecule has 1 aromatic carbocycles. The highest BCUT2D eigenvalue weighted by atomic mass is 15.1. The number of fused-ring (bicyclic) bond motifs is 6. The Hall–Kier alpha value is -1.67. The third-order valence-corrected chi connectivity index (χ3v) is 10.2. The van der Waals surface area contributed by atoms with E-state index in [1.165, 1.54) is 67.7 Å². The molecule has 0 amide bonds. The number of pyridine rings is 1. The van der Waals surface area contributed by atoms with Crippen LogP contribution in [0.25, 0.3) is 16.3 Å². The molecule has 0 N–H and O–H groups in total. The maximum Gasteiger partial charge on any atom is 0.0346 e. The van der Waals surface area contributed by atoms with Crippen LogP contribution < -0.4 is 0 Å². The van der Waals surface area contributed by atoms with Crippen molar-refractivity contribution in [3.8, 4) is 0 Å². The fraction of sp³-hybridized carbons (Fsp3) is 0.621. The summed E-state index contributed by atoms with van der Waals surface area (Å²) in [6.45, 7) is 2.61. The van der Waals surface area contributed by atoms with Crippen molar-refractivity contribution >= 4 is 16.3 Å². The molecular weight excluding hydrogens is 376 g/mol. The molecule has 2 aromatic rings. The molecule has 0 spiro atoms. The van der Waals surface area contributed by atoms with Crippen LogP contribution in [-0.4, -0.2) is 30.0 Å². The van der Waals surface area contributed by atoms with Gasteiger partial charge in [-0.3, -0.25) is 4.98 Å². The van der Waals surface area contributed by atoms with E-state index >= 15 is 0 Å². The summed E-state index contributed by atoms with van der Waals surface area (Å²) in [6.07, 6.45) is 18.0. The molecule has 0 saturated heterocycles. The Morgan fingerprint density at radius 3 is 2.68 bits per heavy atom. The SMILES string of the molecule is CN(C)[C@H]1CC[C@H]2[C@@H](CC[C@@H]3[C@@H]2CC[C@]2(C)C(c4ccc5ccncc5c4)=CC[C@@H]32)C1. The quantitative estimate of drug-likeness (QED) is 0.536. The molecule has 7 atom stereocenters. The molecule has 1 aromatic heterocycles. The molecule has 1 heterocycles. The minimum atomic E-state index is 0.366. The van der Waals surface area contributed by atoms with Crippen molar-refractivity contribution in [3.05, 3.63) is 48.3 Å². The first kappa shape index (κ1) is 20.0. The Labute approximate surface area is 188 Å². The molecule has 0 radical (unpaired) electrons. The highest BCUT2D eigenvalue weighted by Crippen LogP contribution is 2.64. The van der Waals surface area contributed by atoms with Gasteiger partial charge in [0, 0.05) is 23.8 Å². The Morgan fingerprint density at radius 2 is 1.81 bits per heavy atom. The lowest BCUT2D eigenvalue weighted by molar-refractivity contribution is -0.0482. The van der Waals surface area contributed by atoms with Gasteiger partial charge in [-0.05, 0) is 129 Å². The minimum absolute atomic E-state index is 0.366. The van der Waals surface area contributed by atoms with E-state index in [1.807, 2.05) is 12.4 Å². The maximum atomic E-state index is 4.37. The number of nitrogens with zero attached hydrogens (tertiary/aromatic N) is 2. The van der Waals surface area contributed by atoms with E-state index in [4.69, 9.17) is 0 Å². The fourth-order valence-corrected chi connectivity index (χ4v) is 8.56. The Morgan fingerprint density at radius 1 is 0.935 bits per heavy atom. The molecule has 2 heteroatoms. The zero-order valence-corrected chi connectivity index (χ0v) is 19.6. The lowest BCUT2D eigenvalue weighted by Crippen LogP contribution is -2.49. The van der Waals surface area contributed by atoms with E-state index in [0.717, 1.165) is 35.6 Å². The molecule has 0 bridgehead atoms. The summed E-state index contributed by atoms with van der Waals surface area (Å²) in [5.74, 6) is 4.81. The number of hydrogen-bond donors (Lipinski definition) is 0. The molecule has 3 saturated carbocycles. The predicted octanol–water partition coefficient (Wildman–Crippen LogP) is 6.81. The molecule has 6 rings (SSSR count). The summed E-state index contributed by atoms with van der Waals surface area (Å²) in [5, 5.41) is 2.58. The van der Waals surface area contributed by atoms with Crippen LogP contribution in [0.15, 0.2) is 42.7 Å². The average molecular weight is 415 g/mol. The summed E-state index contributed by atoms with van der Waals surface area (Å²) in [7, 11) is 4.58. The van der Waals surface area contributed by atoms with Crippen LogP contribution in [0.4, 0.5) is 0 Å². The van der Waals surface area contributed by atoms with E-state index in [2.05, 4.69) is 61.2 Å². The van der Waals surface area contributed by atoms with Crippen LogP contribution in [0.1, 0.15) is 63.9 Å². The van der Waals surface area contributed by atoms with E-state index in [9.17, 15) is 0 Å². The number of rotatable bonds is 2. The minimum Gasteiger partial charge on any atom is -0.306 e. The first-order valence-electron chi connectivity index (χ1n) is 12.8. The molecule has 4 aliphatic rings. The van der Waals surface area contributed by atoms with Gasteiger partial charge in [-0.1, -0.05) is 25.1 Å². The van der Waals surface area contributed by atoms with Gasteiger partial charge in [0.25, 0.3) is 0 Å². The van der Waals surface area contributed by atoms with Crippen molar-refractivity contribution in [1.82, 2.24) is 9.88 Å². The van der Waals surface area contributed by atoms with Crippen LogP contribution in [0, 0.1) is 35.0 Å². The molecule has 164 valence electrons. The summed E-state index contributed by atoms with van der Waals surface area (Å²) in [5.41, 5.74) is 3.45. The molecule has 0 unspecified atom stereocenters. The van der Waals surface area contributed by atoms with Crippen molar-refractivity contribution in [2.75, 3.05) is 14.1 Å². The van der Waals surface area contributed by atoms with E-state index in [1.54, 1.807) is 5.57 Å². The second-order valence-corrected chi connectivity index (χ2v) is 11.6. The summed E-state index contributed by atoms with van der Waals surface area (Å²) >= 11 is 0.